The largest absolute Gasteiger partial charge is 0.507 e. The summed E-state index contributed by atoms with van der Waals surface area (Å²) < 4.78 is 0. The molecule has 5 nitrogen and oxygen atoms in total. The molecule has 2 rings (SSSR count). The van der Waals surface area contributed by atoms with E-state index in [0.717, 1.165) is 42.9 Å². The topological polar surface area (TPSA) is 89.6 Å². The molecule has 0 amide bonds. The molecule has 0 aromatic heterocycles. The molecule has 24 heavy (non-hydrogen) atoms. The summed E-state index contributed by atoms with van der Waals surface area (Å²) in [6, 6.07) is 11.0. The van der Waals surface area contributed by atoms with Crippen molar-refractivity contribution >= 4 is 22.5 Å². The molecule has 0 aliphatic rings. The molecule has 0 bridgehead atoms. The molecule has 5 heteroatoms. The van der Waals surface area contributed by atoms with Crippen molar-refractivity contribution in [2.24, 2.45) is 5.90 Å². The number of carbonyl (C=O) groups is 2. The van der Waals surface area contributed by atoms with Crippen LogP contribution in [0.25, 0.3) is 10.8 Å². The first-order valence-electron chi connectivity index (χ1n) is 8.26. The second-order valence-electron chi connectivity index (χ2n) is 5.90. The number of hydrogen-bond acceptors (Lipinski definition) is 5. The highest BCUT2D eigenvalue weighted by molar-refractivity contribution is 6.02. The van der Waals surface area contributed by atoms with E-state index < -0.39 is 5.97 Å². The van der Waals surface area contributed by atoms with Crippen molar-refractivity contribution in [2.75, 3.05) is 0 Å². The van der Waals surface area contributed by atoms with Gasteiger partial charge in [0.1, 0.15) is 5.75 Å². The van der Waals surface area contributed by atoms with Gasteiger partial charge in [0.05, 0.1) is 5.56 Å². The van der Waals surface area contributed by atoms with Crippen molar-refractivity contribution in [3.05, 3.63) is 42.0 Å². The van der Waals surface area contributed by atoms with Gasteiger partial charge in [-0.05, 0) is 35.7 Å². The number of aromatic hydroxyl groups is 1. The fourth-order valence-electron chi connectivity index (χ4n) is 2.73. The van der Waals surface area contributed by atoms with Crippen LogP contribution >= 0.6 is 0 Å². The van der Waals surface area contributed by atoms with Crippen LogP contribution in [0.1, 0.15) is 55.3 Å². The summed E-state index contributed by atoms with van der Waals surface area (Å²) in [5.74, 6) is 4.37. The zero-order valence-electron chi connectivity index (χ0n) is 13.7. The monoisotopic (exact) mass is 329 g/mol. The first-order chi connectivity index (χ1) is 11.6. The van der Waals surface area contributed by atoms with Crippen molar-refractivity contribution < 1.29 is 19.5 Å². The van der Waals surface area contributed by atoms with Gasteiger partial charge in [0.15, 0.2) is 5.78 Å². The van der Waals surface area contributed by atoms with Crippen LogP contribution in [0.3, 0.4) is 0 Å². The maximum Gasteiger partial charge on any atom is 0.324 e. The lowest BCUT2D eigenvalue weighted by molar-refractivity contribution is -0.144. The Bertz CT molecular complexity index is 712. The van der Waals surface area contributed by atoms with E-state index in [1.54, 1.807) is 12.1 Å². The first kappa shape index (κ1) is 17.9. The van der Waals surface area contributed by atoms with E-state index >= 15 is 0 Å². The van der Waals surface area contributed by atoms with Crippen molar-refractivity contribution in [3.8, 4) is 5.75 Å². The number of fused-ring (bicyclic) bond motifs is 1. The van der Waals surface area contributed by atoms with Crippen LogP contribution in [-0.2, 0) is 9.63 Å². The minimum Gasteiger partial charge on any atom is -0.507 e. The van der Waals surface area contributed by atoms with Gasteiger partial charge in [0.2, 0.25) is 0 Å². The molecule has 0 saturated carbocycles. The third kappa shape index (κ3) is 5.06. The average molecular weight is 329 g/mol. The Morgan fingerprint density at radius 3 is 2.17 bits per heavy atom. The fourth-order valence-corrected chi connectivity index (χ4v) is 2.73. The summed E-state index contributed by atoms with van der Waals surface area (Å²) in [6.45, 7) is 0. The number of ketones is 1. The van der Waals surface area contributed by atoms with E-state index in [1.165, 1.54) is 0 Å². The van der Waals surface area contributed by atoms with Crippen LogP contribution in [-0.4, -0.2) is 16.9 Å². The Labute approximate surface area is 141 Å². The number of hydrogen-bond donors (Lipinski definition) is 2. The van der Waals surface area contributed by atoms with E-state index in [4.69, 9.17) is 5.90 Å². The van der Waals surface area contributed by atoms with Gasteiger partial charge < -0.3 is 9.94 Å². The molecule has 0 aliphatic heterocycles. The highest BCUT2D eigenvalue weighted by atomic mass is 16.7. The van der Waals surface area contributed by atoms with Crippen molar-refractivity contribution in [3.63, 3.8) is 0 Å². The Hall–Kier alpha value is -2.40. The quantitative estimate of drug-likeness (QED) is 0.414. The van der Waals surface area contributed by atoms with Gasteiger partial charge in [0, 0.05) is 12.8 Å². The van der Waals surface area contributed by atoms with Crippen LogP contribution in [0, 0.1) is 0 Å². The first-order valence-corrected chi connectivity index (χ1v) is 8.26. The number of benzene rings is 2. The molecule has 0 aliphatic carbocycles. The van der Waals surface area contributed by atoms with Gasteiger partial charge in [-0.3, -0.25) is 9.59 Å². The van der Waals surface area contributed by atoms with Crippen LogP contribution in [0.15, 0.2) is 36.4 Å². The lowest BCUT2D eigenvalue weighted by atomic mass is 9.99. The smallest absolute Gasteiger partial charge is 0.324 e. The predicted octanol–water partition coefficient (Wildman–Crippen LogP) is 3.88. The number of unbranched alkanes of at least 4 members (excludes halogenated alkanes) is 4. The second kappa shape index (κ2) is 9.03. The van der Waals surface area contributed by atoms with Gasteiger partial charge >= 0.3 is 5.97 Å². The maximum absolute atomic E-state index is 12.3. The number of Topliss-reactive ketones (excluding diaryl/α,β-unsaturated/α-hetero) is 1. The molecule has 0 atom stereocenters. The van der Waals surface area contributed by atoms with Crippen molar-refractivity contribution in [2.45, 2.75) is 44.9 Å². The Morgan fingerprint density at radius 2 is 1.50 bits per heavy atom. The zero-order chi connectivity index (χ0) is 17.4. The molecule has 2 aromatic rings. The van der Waals surface area contributed by atoms with Crippen molar-refractivity contribution in [1.29, 1.82) is 0 Å². The normalized spacial score (nSPS) is 10.7. The Balaban J connectivity index is 1.77. The fraction of sp³-hybridized carbons (Fsp3) is 0.368. The van der Waals surface area contributed by atoms with Gasteiger partial charge in [0.25, 0.3) is 0 Å². The predicted molar refractivity (Wildman–Crippen MR) is 92.5 cm³/mol. The molecular formula is C19H23NO4. The molecular weight excluding hydrogens is 306 g/mol. The van der Waals surface area contributed by atoms with Gasteiger partial charge in [-0.25, -0.2) is 0 Å². The van der Waals surface area contributed by atoms with Crippen LogP contribution < -0.4 is 5.90 Å². The molecule has 0 fully saturated rings. The maximum atomic E-state index is 12.3. The number of rotatable bonds is 9. The third-order valence-electron chi connectivity index (χ3n) is 4.08. The minimum atomic E-state index is -0.392. The van der Waals surface area contributed by atoms with Gasteiger partial charge in [-0.1, -0.05) is 43.5 Å². The second-order valence-corrected chi connectivity index (χ2v) is 5.90. The number of phenols is 1. The van der Waals surface area contributed by atoms with E-state index in [1.807, 2.05) is 24.3 Å². The SMILES string of the molecule is NOC(=O)CCCCCCCC(=O)c1cc2ccccc2cc1O. The van der Waals surface area contributed by atoms with Gasteiger partial charge in [-0.15, -0.1) is 0 Å². The lowest BCUT2D eigenvalue weighted by Crippen LogP contribution is -2.09. The Morgan fingerprint density at radius 1 is 0.917 bits per heavy atom. The van der Waals surface area contributed by atoms with E-state index in [0.29, 0.717) is 18.4 Å². The zero-order valence-corrected chi connectivity index (χ0v) is 13.7. The summed E-state index contributed by atoms with van der Waals surface area (Å²) in [5, 5.41) is 11.9. The minimum absolute atomic E-state index is 0.0371. The standard InChI is InChI=1S/C19H23NO4/c20-24-19(23)11-5-3-1-2-4-10-17(21)16-12-14-8-6-7-9-15(14)13-18(16)22/h6-9,12-13,22H,1-5,10-11,20H2. The van der Waals surface area contributed by atoms with Crippen LogP contribution in [0.5, 0.6) is 5.75 Å². The molecule has 0 saturated heterocycles. The van der Waals surface area contributed by atoms with Crippen molar-refractivity contribution in [1.82, 2.24) is 0 Å². The summed E-state index contributed by atoms with van der Waals surface area (Å²) >= 11 is 0. The summed E-state index contributed by atoms with van der Waals surface area (Å²) in [6.07, 6.45) is 5.04. The average Bonchev–Trinajstić information content (AvgIpc) is 2.59. The summed E-state index contributed by atoms with van der Waals surface area (Å²) in [7, 11) is 0. The Kier molecular flexibility index (Phi) is 6.75. The molecule has 2 aromatic carbocycles. The van der Waals surface area contributed by atoms with Crippen LogP contribution in [0.4, 0.5) is 0 Å². The highest BCUT2D eigenvalue weighted by Crippen LogP contribution is 2.26. The highest BCUT2D eigenvalue weighted by Gasteiger charge is 2.12. The molecule has 0 heterocycles. The lowest BCUT2D eigenvalue weighted by Gasteiger charge is -2.06. The number of nitrogens with two attached hydrogens (primary N) is 1. The number of carbonyl (C=O) groups excluding carboxylic acids is 2. The molecule has 0 unspecified atom stereocenters. The molecule has 3 N–H and O–H groups in total. The third-order valence-corrected chi connectivity index (χ3v) is 4.08. The molecule has 0 spiro atoms. The summed E-state index contributed by atoms with van der Waals surface area (Å²) in [4.78, 5) is 27.2. The van der Waals surface area contributed by atoms with E-state index in [2.05, 4.69) is 4.84 Å². The van der Waals surface area contributed by atoms with E-state index in [-0.39, 0.29) is 11.5 Å². The van der Waals surface area contributed by atoms with E-state index in [9.17, 15) is 14.7 Å². The van der Waals surface area contributed by atoms with Gasteiger partial charge in [-0.2, -0.15) is 5.90 Å². The van der Waals surface area contributed by atoms with Crippen LogP contribution in [0.2, 0.25) is 0 Å². The summed E-state index contributed by atoms with van der Waals surface area (Å²) in [5.41, 5.74) is 0.388. The molecule has 128 valence electrons. The molecule has 0 radical (unpaired) electrons. The number of phenolic OH excluding ortho intramolecular Hbond substituents is 1.